The minimum absolute atomic E-state index is 0.527. The lowest BCUT2D eigenvalue weighted by Crippen LogP contribution is -1.94. The summed E-state index contributed by atoms with van der Waals surface area (Å²) in [5, 5.41) is 3.11. The monoisotopic (exact) mass is 233 g/mol. The van der Waals surface area contributed by atoms with E-state index in [2.05, 4.69) is 5.32 Å². The Kier molecular flexibility index (Phi) is 2.29. The molecule has 3 rings (SSSR count). The van der Waals surface area contributed by atoms with Gasteiger partial charge in [0.1, 0.15) is 5.76 Å². The maximum Gasteiger partial charge on any atom is 0.108 e. The molecule has 1 atom stereocenters. The van der Waals surface area contributed by atoms with Gasteiger partial charge in [-0.25, -0.2) is 0 Å². The maximum atomic E-state index is 11.6. The van der Waals surface area contributed by atoms with Crippen LogP contribution in [0.2, 0.25) is 0 Å². The van der Waals surface area contributed by atoms with Crippen molar-refractivity contribution in [2.24, 2.45) is 0 Å². The quantitative estimate of drug-likeness (QED) is 0.865. The van der Waals surface area contributed by atoms with Gasteiger partial charge in [0, 0.05) is 6.42 Å². The number of anilines is 1. The number of benzene rings is 1. The van der Waals surface area contributed by atoms with Gasteiger partial charge in [-0.3, -0.25) is 4.21 Å². The number of nitrogens with one attached hydrogen (secondary N) is 1. The topological polar surface area (TPSA) is 42.2 Å². The Labute approximate surface area is 95.9 Å². The first kappa shape index (κ1) is 9.66. The SMILES string of the molecule is O=S1CNc2ccc(Cc3ccco3)cc21. The summed E-state index contributed by atoms with van der Waals surface area (Å²) < 4.78 is 16.9. The first-order chi connectivity index (χ1) is 7.83. The third kappa shape index (κ3) is 1.65. The van der Waals surface area contributed by atoms with Gasteiger partial charge in [0.15, 0.2) is 0 Å². The van der Waals surface area contributed by atoms with Crippen LogP contribution in [0.4, 0.5) is 5.69 Å². The third-order valence-corrected chi connectivity index (χ3v) is 3.88. The summed E-state index contributed by atoms with van der Waals surface area (Å²) in [6.45, 7) is 0. The lowest BCUT2D eigenvalue weighted by molar-refractivity contribution is 0.521. The second-order valence-corrected chi connectivity index (χ2v) is 5.17. The van der Waals surface area contributed by atoms with Crippen LogP contribution < -0.4 is 5.32 Å². The Morgan fingerprint density at radius 2 is 2.31 bits per heavy atom. The molecule has 0 fully saturated rings. The Morgan fingerprint density at radius 1 is 1.38 bits per heavy atom. The Balaban J connectivity index is 1.92. The Bertz CT molecular complexity index is 534. The van der Waals surface area contributed by atoms with Gasteiger partial charge in [0.05, 0.1) is 33.5 Å². The largest absolute Gasteiger partial charge is 0.469 e. The molecule has 1 unspecified atom stereocenters. The molecule has 0 aliphatic carbocycles. The van der Waals surface area contributed by atoms with Crippen molar-refractivity contribution >= 4 is 16.5 Å². The molecule has 0 amide bonds. The van der Waals surface area contributed by atoms with E-state index in [-0.39, 0.29) is 0 Å². The van der Waals surface area contributed by atoms with Crippen LogP contribution in [0.15, 0.2) is 45.9 Å². The van der Waals surface area contributed by atoms with Crippen molar-refractivity contribution in [1.29, 1.82) is 0 Å². The number of fused-ring (bicyclic) bond motifs is 1. The first-order valence-corrected chi connectivity index (χ1v) is 6.42. The minimum Gasteiger partial charge on any atom is -0.469 e. The van der Waals surface area contributed by atoms with E-state index in [1.54, 1.807) is 6.26 Å². The van der Waals surface area contributed by atoms with Crippen molar-refractivity contribution < 1.29 is 8.63 Å². The normalized spacial score (nSPS) is 18.1. The van der Waals surface area contributed by atoms with Gasteiger partial charge in [-0.2, -0.15) is 0 Å². The minimum atomic E-state index is -0.898. The number of furan rings is 1. The molecule has 1 N–H and O–H groups in total. The molecule has 3 nitrogen and oxygen atoms in total. The summed E-state index contributed by atoms with van der Waals surface area (Å²) >= 11 is 0. The molecule has 2 heterocycles. The van der Waals surface area contributed by atoms with Crippen LogP contribution in [0.5, 0.6) is 0 Å². The van der Waals surface area contributed by atoms with E-state index in [0.29, 0.717) is 5.88 Å². The van der Waals surface area contributed by atoms with Gasteiger partial charge >= 0.3 is 0 Å². The van der Waals surface area contributed by atoms with Gasteiger partial charge in [-0.15, -0.1) is 0 Å². The molecule has 0 bridgehead atoms. The molecule has 0 saturated carbocycles. The van der Waals surface area contributed by atoms with E-state index >= 15 is 0 Å². The summed E-state index contributed by atoms with van der Waals surface area (Å²) in [4.78, 5) is 0.907. The molecule has 1 aliphatic rings. The summed E-state index contributed by atoms with van der Waals surface area (Å²) in [6, 6.07) is 9.84. The highest BCUT2D eigenvalue weighted by Crippen LogP contribution is 2.27. The molecular weight excluding hydrogens is 222 g/mol. The number of hydrogen-bond donors (Lipinski definition) is 1. The van der Waals surface area contributed by atoms with Gasteiger partial charge in [-0.05, 0) is 29.8 Å². The molecule has 2 aromatic rings. The highest BCUT2D eigenvalue weighted by atomic mass is 32.2. The van der Waals surface area contributed by atoms with Crippen LogP contribution >= 0.6 is 0 Å². The fourth-order valence-corrected chi connectivity index (χ4v) is 2.96. The zero-order valence-electron chi connectivity index (χ0n) is 8.60. The molecule has 0 spiro atoms. The van der Waals surface area contributed by atoms with E-state index in [1.165, 1.54) is 0 Å². The molecule has 1 aromatic carbocycles. The zero-order valence-corrected chi connectivity index (χ0v) is 9.42. The summed E-state index contributed by atoms with van der Waals surface area (Å²) in [6.07, 6.45) is 2.42. The van der Waals surface area contributed by atoms with Gasteiger partial charge in [-0.1, -0.05) is 6.07 Å². The van der Waals surface area contributed by atoms with E-state index in [9.17, 15) is 4.21 Å². The van der Waals surface area contributed by atoms with Crippen molar-refractivity contribution in [3.8, 4) is 0 Å². The smallest absolute Gasteiger partial charge is 0.108 e. The van der Waals surface area contributed by atoms with Gasteiger partial charge < -0.3 is 9.73 Å². The van der Waals surface area contributed by atoms with Gasteiger partial charge in [0.25, 0.3) is 0 Å². The zero-order chi connectivity index (χ0) is 11.0. The second-order valence-electron chi connectivity index (χ2n) is 3.75. The first-order valence-electron chi connectivity index (χ1n) is 5.10. The van der Waals surface area contributed by atoms with Crippen molar-refractivity contribution in [3.05, 3.63) is 47.9 Å². The highest BCUT2D eigenvalue weighted by molar-refractivity contribution is 7.85. The number of hydrogen-bond acceptors (Lipinski definition) is 3. The van der Waals surface area contributed by atoms with E-state index < -0.39 is 10.8 Å². The van der Waals surface area contributed by atoms with Crippen LogP contribution in [0, 0.1) is 0 Å². The predicted molar refractivity (Wildman–Crippen MR) is 62.9 cm³/mol. The molecule has 4 heteroatoms. The van der Waals surface area contributed by atoms with E-state index in [4.69, 9.17) is 4.42 Å². The van der Waals surface area contributed by atoms with Crippen LogP contribution in [-0.4, -0.2) is 10.1 Å². The maximum absolute atomic E-state index is 11.6. The lowest BCUT2D eigenvalue weighted by atomic mass is 10.1. The molecule has 0 radical (unpaired) electrons. The van der Waals surface area contributed by atoms with Crippen LogP contribution in [0.1, 0.15) is 11.3 Å². The van der Waals surface area contributed by atoms with Crippen molar-refractivity contribution in [2.45, 2.75) is 11.3 Å². The highest BCUT2D eigenvalue weighted by Gasteiger charge is 2.17. The van der Waals surface area contributed by atoms with E-state index in [1.807, 2.05) is 30.3 Å². The Morgan fingerprint density at radius 3 is 3.12 bits per heavy atom. The van der Waals surface area contributed by atoms with Crippen LogP contribution in [-0.2, 0) is 17.2 Å². The van der Waals surface area contributed by atoms with Crippen molar-refractivity contribution in [3.63, 3.8) is 0 Å². The molecule has 16 heavy (non-hydrogen) atoms. The second kappa shape index (κ2) is 3.79. The summed E-state index contributed by atoms with van der Waals surface area (Å²) in [7, 11) is -0.898. The summed E-state index contributed by atoms with van der Waals surface area (Å²) in [5.74, 6) is 1.45. The summed E-state index contributed by atoms with van der Waals surface area (Å²) in [5.41, 5.74) is 2.12. The van der Waals surface area contributed by atoms with E-state index in [0.717, 1.165) is 28.3 Å². The van der Waals surface area contributed by atoms with Crippen molar-refractivity contribution in [1.82, 2.24) is 0 Å². The molecular formula is C12H11NO2S. The van der Waals surface area contributed by atoms with Crippen LogP contribution in [0.25, 0.3) is 0 Å². The van der Waals surface area contributed by atoms with Crippen molar-refractivity contribution in [2.75, 3.05) is 11.2 Å². The standard InChI is InChI=1S/C12H11NO2S/c14-16-8-13-11-4-3-9(7-12(11)16)6-10-2-1-5-15-10/h1-5,7,13H,6,8H2. The Hall–Kier alpha value is -1.55. The fraction of sp³-hybridized carbons (Fsp3) is 0.167. The fourth-order valence-electron chi connectivity index (χ4n) is 1.85. The third-order valence-electron chi connectivity index (χ3n) is 2.64. The predicted octanol–water partition coefficient (Wildman–Crippen LogP) is 2.36. The average Bonchev–Trinajstić information content (AvgIpc) is 2.90. The average molecular weight is 233 g/mol. The lowest BCUT2D eigenvalue weighted by Gasteiger charge is -2.02. The molecule has 1 aliphatic heterocycles. The molecule has 82 valence electrons. The molecule has 1 aromatic heterocycles. The number of rotatable bonds is 2. The van der Waals surface area contributed by atoms with Gasteiger partial charge in [0.2, 0.25) is 0 Å². The molecule has 0 saturated heterocycles. The van der Waals surface area contributed by atoms with Crippen LogP contribution in [0.3, 0.4) is 0 Å².